The number of unbranched alkanes of at least 4 members (excludes halogenated alkanes) is 33. The third kappa shape index (κ3) is 48.2. The first-order valence-corrected chi connectivity index (χ1v) is 27.9. The molecule has 0 aromatic carbocycles. The van der Waals surface area contributed by atoms with Crippen LogP contribution < -0.4 is 0 Å². The highest BCUT2D eigenvalue weighted by Crippen LogP contribution is 2.43. The fourth-order valence-electron chi connectivity index (χ4n) is 7.66. The Kier molecular flexibility index (Phi) is 44.0. The predicted molar refractivity (Wildman–Crippen MR) is 261 cm³/mol. The van der Waals surface area contributed by atoms with Gasteiger partial charge in [0.15, 0.2) is 6.10 Å². The Morgan fingerprint density at radius 1 is 0.484 bits per heavy atom. The highest BCUT2D eigenvalue weighted by Gasteiger charge is 2.27. The first-order chi connectivity index (χ1) is 30.0. The van der Waals surface area contributed by atoms with Gasteiger partial charge in [0.2, 0.25) is 0 Å². The minimum absolute atomic E-state index is 0.0352. The lowest BCUT2D eigenvalue weighted by Crippen LogP contribution is -2.37. The number of ether oxygens (including phenoxy) is 2. The third-order valence-corrected chi connectivity index (χ3v) is 12.8. The van der Waals surface area contributed by atoms with Gasteiger partial charge in [-0.1, -0.05) is 219 Å². The van der Waals surface area contributed by atoms with Gasteiger partial charge >= 0.3 is 19.8 Å². The summed E-state index contributed by atoms with van der Waals surface area (Å²) >= 11 is 0. The van der Waals surface area contributed by atoms with Gasteiger partial charge in [-0.3, -0.25) is 18.6 Å². The number of nitrogens with zero attached hydrogens (tertiary/aromatic N) is 1. The normalized spacial score (nSPS) is 13.5. The van der Waals surface area contributed by atoms with Crippen LogP contribution in [0.3, 0.4) is 0 Å². The number of phosphoric ester groups is 1. The molecule has 0 bridgehead atoms. The molecule has 62 heavy (non-hydrogen) atoms. The fourth-order valence-corrected chi connectivity index (χ4v) is 8.40. The molecule has 368 valence electrons. The van der Waals surface area contributed by atoms with Crippen LogP contribution in [0.2, 0.25) is 0 Å². The minimum Gasteiger partial charge on any atom is -0.462 e. The SMILES string of the molecule is CCCCCCCCCC/C=C\CCCCCCCCCCCCCC(=O)OC(COC(=O)CCCCCCCCCCCCCCCCC)COP(=O)(O)OCC[N+](C)(C)C. The minimum atomic E-state index is -4.37. The van der Waals surface area contributed by atoms with Crippen LogP contribution in [-0.4, -0.2) is 74.9 Å². The van der Waals surface area contributed by atoms with Gasteiger partial charge in [0, 0.05) is 12.8 Å². The summed E-state index contributed by atoms with van der Waals surface area (Å²) in [7, 11) is 1.49. The van der Waals surface area contributed by atoms with Crippen LogP contribution in [0.15, 0.2) is 12.2 Å². The number of esters is 2. The highest BCUT2D eigenvalue weighted by molar-refractivity contribution is 7.47. The lowest BCUT2D eigenvalue weighted by Gasteiger charge is -2.24. The van der Waals surface area contributed by atoms with Gasteiger partial charge < -0.3 is 18.9 Å². The zero-order valence-corrected chi connectivity index (χ0v) is 42.5. The standard InChI is InChI=1S/C52H102NO8P/c1-6-8-10-12-14-16-18-20-22-23-24-25-26-27-28-29-31-33-35-37-39-41-43-45-52(55)61-50(49-60-62(56,57)59-47-46-53(3,4)5)48-58-51(54)44-42-40-38-36-34-32-30-21-19-17-15-13-11-9-7-2/h23-24,50H,6-22,25-49H2,1-5H3/p+1/b24-23-. The van der Waals surface area contributed by atoms with E-state index in [2.05, 4.69) is 26.0 Å². The van der Waals surface area contributed by atoms with Crippen molar-refractivity contribution >= 4 is 19.8 Å². The number of rotatable bonds is 49. The molecular formula is C52H103NO8P+. The molecule has 0 amide bonds. The molecule has 2 unspecified atom stereocenters. The molecular weight excluding hydrogens is 798 g/mol. The van der Waals surface area contributed by atoms with E-state index in [1.54, 1.807) is 0 Å². The van der Waals surface area contributed by atoms with Crippen LogP contribution in [0.25, 0.3) is 0 Å². The smallest absolute Gasteiger partial charge is 0.462 e. The maximum Gasteiger partial charge on any atom is 0.472 e. The molecule has 2 atom stereocenters. The van der Waals surface area contributed by atoms with Gasteiger partial charge in [0.1, 0.15) is 19.8 Å². The largest absolute Gasteiger partial charge is 0.472 e. The molecule has 0 fully saturated rings. The summed E-state index contributed by atoms with van der Waals surface area (Å²) in [6.07, 6.45) is 49.8. The number of allylic oxidation sites excluding steroid dienone is 2. The molecule has 10 heteroatoms. The maximum atomic E-state index is 12.8. The molecule has 0 aliphatic carbocycles. The Morgan fingerprint density at radius 2 is 0.823 bits per heavy atom. The number of phosphoric acid groups is 1. The van der Waals surface area contributed by atoms with E-state index < -0.39 is 26.5 Å². The number of hydrogen-bond donors (Lipinski definition) is 1. The Balaban J connectivity index is 4.18. The van der Waals surface area contributed by atoms with Gasteiger partial charge in [0.05, 0.1) is 27.7 Å². The van der Waals surface area contributed by atoms with Crippen LogP contribution in [0.1, 0.15) is 258 Å². The summed E-state index contributed by atoms with van der Waals surface area (Å²) in [5, 5.41) is 0. The van der Waals surface area contributed by atoms with Gasteiger partial charge in [-0.15, -0.1) is 0 Å². The second kappa shape index (κ2) is 44.9. The monoisotopic (exact) mass is 901 g/mol. The molecule has 9 nitrogen and oxygen atoms in total. The van der Waals surface area contributed by atoms with Crippen LogP contribution in [-0.2, 0) is 32.7 Å². The van der Waals surface area contributed by atoms with Crippen LogP contribution in [0, 0.1) is 0 Å². The summed E-state index contributed by atoms with van der Waals surface area (Å²) in [5.41, 5.74) is 0. The second-order valence-electron chi connectivity index (χ2n) is 19.3. The molecule has 0 radical (unpaired) electrons. The molecule has 0 aromatic heterocycles. The van der Waals surface area contributed by atoms with Crippen molar-refractivity contribution < 1.29 is 42.1 Å². The molecule has 0 aliphatic heterocycles. The quantitative estimate of drug-likeness (QED) is 0.0211. The fraction of sp³-hybridized carbons (Fsp3) is 0.923. The van der Waals surface area contributed by atoms with Gasteiger partial charge in [-0.05, 0) is 38.5 Å². The average Bonchev–Trinajstić information content (AvgIpc) is 3.23. The van der Waals surface area contributed by atoms with Crippen molar-refractivity contribution in [3.05, 3.63) is 12.2 Å². The first kappa shape index (κ1) is 60.8. The van der Waals surface area contributed by atoms with Crippen molar-refractivity contribution in [1.82, 2.24) is 0 Å². The van der Waals surface area contributed by atoms with E-state index in [1.165, 1.54) is 193 Å². The van der Waals surface area contributed by atoms with E-state index in [1.807, 2.05) is 21.1 Å². The summed E-state index contributed by atoms with van der Waals surface area (Å²) in [4.78, 5) is 35.5. The number of carbonyl (C=O) groups is 2. The lowest BCUT2D eigenvalue weighted by atomic mass is 10.0. The maximum absolute atomic E-state index is 12.8. The molecule has 1 N–H and O–H groups in total. The van der Waals surface area contributed by atoms with E-state index in [-0.39, 0.29) is 25.6 Å². The number of likely N-dealkylation sites (N-methyl/N-ethyl adjacent to an activating group) is 1. The Hall–Kier alpha value is -1.25. The van der Waals surface area contributed by atoms with Crippen molar-refractivity contribution in [3.8, 4) is 0 Å². The molecule has 0 spiro atoms. The molecule has 0 aromatic rings. The van der Waals surface area contributed by atoms with E-state index in [9.17, 15) is 19.0 Å². The third-order valence-electron chi connectivity index (χ3n) is 11.8. The Bertz CT molecular complexity index is 1060. The summed E-state index contributed by atoms with van der Waals surface area (Å²) in [6, 6.07) is 0. The van der Waals surface area contributed by atoms with Gasteiger partial charge in [-0.2, -0.15) is 0 Å². The summed E-state index contributed by atoms with van der Waals surface area (Å²) in [6.45, 7) is 4.47. The molecule has 0 saturated carbocycles. The summed E-state index contributed by atoms with van der Waals surface area (Å²) < 4.78 is 34.5. The van der Waals surface area contributed by atoms with Gasteiger partial charge in [-0.25, -0.2) is 4.57 Å². The first-order valence-electron chi connectivity index (χ1n) is 26.4. The van der Waals surface area contributed by atoms with E-state index in [4.69, 9.17) is 18.5 Å². The van der Waals surface area contributed by atoms with Crippen LogP contribution in [0.5, 0.6) is 0 Å². The summed E-state index contributed by atoms with van der Waals surface area (Å²) in [5.74, 6) is -0.783. The predicted octanol–water partition coefficient (Wildman–Crippen LogP) is 15.7. The lowest BCUT2D eigenvalue weighted by molar-refractivity contribution is -0.870. The van der Waals surface area contributed by atoms with Crippen molar-refractivity contribution in [2.75, 3.05) is 47.5 Å². The van der Waals surface area contributed by atoms with Crippen molar-refractivity contribution in [1.29, 1.82) is 0 Å². The average molecular weight is 901 g/mol. The van der Waals surface area contributed by atoms with E-state index >= 15 is 0 Å². The van der Waals surface area contributed by atoms with Crippen molar-refractivity contribution in [3.63, 3.8) is 0 Å². The number of hydrogen-bond acceptors (Lipinski definition) is 7. The van der Waals surface area contributed by atoms with E-state index in [0.717, 1.165) is 32.1 Å². The van der Waals surface area contributed by atoms with Gasteiger partial charge in [0.25, 0.3) is 0 Å². The molecule has 0 heterocycles. The van der Waals surface area contributed by atoms with Crippen molar-refractivity contribution in [2.24, 2.45) is 0 Å². The van der Waals surface area contributed by atoms with Crippen molar-refractivity contribution in [2.45, 2.75) is 264 Å². The topological polar surface area (TPSA) is 108 Å². The molecule has 0 aliphatic rings. The second-order valence-corrected chi connectivity index (χ2v) is 20.7. The van der Waals surface area contributed by atoms with Crippen LogP contribution >= 0.6 is 7.82 Å². The Morgan fingerprint density at radius 3 is 1.19 bits per heavy atom. The molecule has 0 saturated heterocycles. The zero-order valence-electron chi connectivity index (χ0n) is 41.6. The van der Waals surface area contributed by atoms with E-state index in [0.29, 0.717) is 23.9 Å². The molecule has 0 rings (SSSR count). The Labute approximate surface area is 384 Å². The van der Waals surface area contributed by atoms with Crippen LogP contribution in [0.4, 0.5) is 0 Å². The number of quaternary nitrogens is 1. The number of carbonyl (C=O) groups excluding carboxylic acids is 2. The zero-order chi connectivity index (χ0) is 45.7. The highest BCUT2D eigenvalue weighted by atomic mass is 31.2.